The maximum Gasteiger partial charge on any atom is 0.220 e. The van der Waals surface area contributed by atoms with Gasteiger partial charge in [0.15, 0.2) is 6.20 Å². The van der Waals surface area contributed by atoms with Crippen LogP contribution in [0.25, 0.3) is 22.0 Å². The van der Waals surface area contributed by atoms with Crippen LogP contribution in [-0.2, 0) is 17.9 Å². The minimum atomic E-state index is 0.150. The molecule has 32 heavy (non-hydrogen) atoms. The van der Waals surface area contributed by atoms with Crippen LogP contribution in [0.4, 0.5) is 0 Å². The molecular weight excluding hydrogens is 386 g/mol. The molecule has 4 saturated carbocycles. The Morgan fingerprint density at radius 2 is 1.50 bits per heavy atom. The molecule has 1 nitrogen and oxygen atoms in total. The lowest BCUT2D eigenvalue weighted by atomic mass is 9.48. The summed E-state index contributed by atoms with van der Waals surface area (Å²) in [6.07, 6.45) is 11.1. The van der Waals surface area contributed by atoms with Crippen LogP contribution in [0.1, 0.15) is 76.0 Å². The van der Waals surface area contributed by atoms with Crippen molar-refractivity contribution in [1.29, 1.82) is 0 Å². The van der Waals surface area contributed by atoms with Crippen LogP contribution in [-0.4, -0.2) is 0 Å². The lowest BCUT2D eigenvalue weighted by Gasteiger charge is -2.57. The molecule has 4 bridgehead atoms. The van der Waals surface area contributed by atoms with Crippen LogP contribution in [0, 0.1) is 24.7 Å². The molecule has 3 aromatic rings. The molecule has 4 aliphatic rings. The van der Waals surface area contributed by atoms with Crippen LogP contribution in [0.5, 0.6) is 0 Å². The molecule has 0 unspecified atom stereocenters. The summed E-state index contributed by atoms with van der Waals surface area (Å²) >= 11 is 0. The third kappa shape index (κ3) is 3.15. The number of nitrogens with zero attached hydrogens (tertiary/aromatic N) is 1. The van der Waals surface area contributed by atoms with E-state index in [-0.39, 0.29) is 5.41 Å². The average Bonchev–Trinajstić information content (AvgIpc) is 2.72. The van der Waals surface area contributed by atoms with Gasteiger partial charge in [0, 0.05) is 11.6 Å². The van der Waals surface area contributed by atoms with Gasteiger partial charge in [-0.3, -0.25) is 0 Å². The molecule has 1 aromatic heterocycles. The largest absolute Gasteiger partial charge is 0.220 e. The second kappa shape index (κ2) is 6.92. The first-order chi connectivity index (χ1) is 15.2. The highest BCUT2D eigenvalue weighted by Gasteiger charge is 2.51. The molecule has 0 N–H and O–H groups in total. The second-order valence-electron chi connectivity index (χ2n) is 12.6. The molecule has 1 heteroatoms. The minimum absolute atomic E-state index is 0.150. The zero-order valence-electron chi connectivity index (χ0n) is 20.5. The topological polar surface area (TPSA) is 3.88 Å². The third-order valence-electron chi connectivity index (χ3n) is 9.15. The zero-order chi connectivity index (χ0) is 22.3. The molecule has 4 aliphatic carbocycles. The summed E-state index contributed by atoms with van der Waals surface area (Å²) in [6, 6.07) is 16.9. The number of fused-ring (bicyclic) bond motifs is 1. The minimum Gasteiger partial charge on any atom is -0.200 e. The molecule has 0 radical (unpaired) electrons. The predicted octanol–water partition coefficient (Wildman–Crippen LogP) is 7.41. The van der Waals surface area contributed by atoms with Crippen molar-refractivity contribution in [2.45, 2.75) is 77.0 Å². The van der Waals surface area contributed by atoms with Crippen molar-refractivity contribution in [2.75, 3.05) is 0 Å². The van der Waals surface area contributed by atoms with E-state index in [2.05, 4.69) is 88.0 Å². The van der Waals surface area contributed by atoms with Crippen molar-refractivity contribution in [3.8, 4) is 11.3 Å². The van der Waals surface area contributed by atoms with E-state index in [9.17, 15) is 0 Å². The van der Waals surface area contributed by atoms with Crippen molar-refractivity contribution in [2.24, 2.45) is 24.8 Å². The quantitative estimate of drug-likeness (QED) is 0.377. The van der Waals surface area contributed by atoms with Crippen molar-refractivity contribution in [3.63, 3.8) is 0 Å². The van der Waals surface area contributed by atoms with Crippen LogP contribution < -0.4 is 4.57 Å². The van der Waals surface area contributed by atoms with E-state index in [0.717, 1.165) is 17.8 Å². The van der Waals surface area contributed by atoms with Gasteiger partial charge >= 0.3 is 0 Å². The van der Waals surface area contributed by atoms with Crippen LogP contribution in [0.15, 0.2) is 48.7 Å². The van der Waals surface area contributed by atoms with Gasteiger partial charge in [0.2, 0.25) is 5.69 Å². The van der Waals surface area contributed by atoms with E-state index >= 15 is 0 Å². The highest BCUT2D eigenvalue weighted by Crippen LogP contribution is 2.60. The highest BCUT2D eigenvalue weighted by atomic mass is 14.9. The van der Waals surface area contributed by atoms with Crippen molar-refractivity contribution >= 4 is 10.8 Å². The lowest BCUT2D eigenvalue weighted by molar-refractivity contribution is -0.659. The molecular formula is C31H38N+. The summed E-state index contributed by atoms with van der Waals surface area (Å²) in [5.41, 5.74) is 7.72. The number of rotatable bonds is 2. The summed E-state index contributed by atoms with van der Waals surface area (Å²) in [5.74, 6) is 2.97. The third-order valence-corrected chi connectivity index (χ3v) is 9.15. The Morgan fingerprint density at radius 1 is 0.844 bits per heavy atom. The number of aromatic nitrogens is 1. The fourth-order valence-corrected chi connectivity index (χ4v) is 7.85. The molecule has 4 fully saturated rings. The maximum atomic E-state index is 2.56. The first kappa shape index (κ1) is 20.5. The van der Waals surface area contributed by atoms with Gasteiger partial charge in [-0.05, 0) is 108 Å². The number of hydrogen-bond acceptors (Lipinski definition) is 0. The van der Waals surface area contributed by atoms with Crippen LogP contribution >= 0.6 is 0 Å². The normalized spacial score (nSPS) is 29.1. The molecule has 0 atom stereocenters. The van der Waals surface area contributed by atoms with Crippen molar-refractivity contribution in [1.82, 2.24) is 0 Å². The van der Waals surface area contributed by atoms with Gasteiger partial charge in [-0.15, -0.1) is 0 Å². The fraction of sp³-hybridized carbons (Fsp3) is 0.516. The fourth-order valence-electron chi connectivity index (χ4n) is 7.85. The molecule has 166 valence electrons. The summed E-state index contributed by atoms with van der Waals surface area (Å²) in [6.45, 7) is 9.18. The van der Waals surface area contributed by atoms with Crippen molar-refractivity contribution < 1.29 is 4.57 Å². The molecule has 0 amide bonds. The monoisotopic (exact) mass is 424 g/mol. The van der Waals surface area contributed by atoms with E-state index in [1.165, 1.54) is 71.7 Å². The summed E-state index contributed by atoms with van der Waals surface area (Å²) < 4.78 is 2.32. The van der Waals surface area contributed by atoms with Gasteiger partial charge < -0.3 is 0 Å². The predicted molar refractivity (Wildman–Crippen MR) is 134 cm³/mol. The number of pyridine rings is 1. The molecule has 0 spiro atoms. The Hall–Kier alpha value is -2.15. The zero-order valence-corrected chi connectivity index (χ0v) is 20.5. The Morgan fingerprint density at radius 3 is 2.12 bits per heavy atom. The number of benzene rings is 2. The van der Waals surface area contributed by atoms with Gasteiger partial charge in [-0.25, -0.2) is 4.57 Å². The Balaban J connectivity index is 1.49. The van der Waals surface area contributed by atoms with Gasteiger partial charge in [-0.2, -0.15) is 0 Å². The van der Waals surface area contributed by atoms with E-state index in [1.807, 2.05) is 0 Å². The smallest absolute Gasteiger partial charge is 0.200 e. The average molecular weight is 425 g/mol. The van der Waals surface area contributed by atoms with Gasteiger partial charge in [-0.1, -0.05) is 45.0 Å². The first-order valence-electron chi connectivity index (χ1n) is 12.8. The van der Waals surface area contributed by atoms with Gasteiger partial charge in [0.1, 0.15) is 7.05 Å². The SMILES string of the molecule is Cc1ccc(C(C)(C)C)cc1-c1c2ccc(C34CC5CC(CC(C5)C3)C4)cc2cc[n+]1C. The summed E-state index contributed by atoms with van der Waals surface area (Å²) in [4.78, 5) is 0. The Bertz CT molecular complexity index is 1170. The van der Waals surface area contributed by atoms with Crippen LogP contribution in [0.2, 0.25) is 0 Å². The van der Waals surface area contributed by atoms with Crippen LogP contribution in [0.3, 0.4) is 0 Å². The molecule has 7 rings (SSSR count). The standard InChI is InChI=1S/C31H38N/c1-20-6-7-25(30(2,3)4)16-28(20)29-27-9-8-26(15-24(27)10-11-32(29)5)31-17-21-12-22(18-31)14-23(13-21)19-31/h6-11,15-16,21-23H,12-14,17-19H2,1-5H3/q+1. The number of aryl methyl sites for hydroxylation is 2. The summed E-state index contributed by atoms with van der Waals surface area (Å²) in [5, 5.41) is 2.80. The van der Waals surface area contributed by atoms with E-state index in [4.69, 9.17) is 0 Å². The maximum absolute atomic E-state index is 2.56. The van der Waals surface area contributed by atoms with E-state index in [1.54, 1.807) is 5.56 Å². The Kier molecular flexibility index (Phi) is 4.43. The first-order valence-corrected chi connectivity index (χ1v) is 12.8. The highest BCUT2D eigenvalue weighted by molar-refractivity contribution is 5.94. The number of hydrogen-bond donors (Lipinski definition) is 0. The van der Waals surface area contributed by atoms with E-state index in [0.29, 0.717) is 5.41 Å². The van der Waals surface area contributed by atoms with Crippen molar-refractivity contribution in [3.05, 3.63) is 65.4 Å². The summed E-state index contributed by atoms with van der Waals surface area (Å²) in [7, 11) is 2.20. The Labute approximate surface area is 193 Å². The molecule has 0 aliphatic heterocycles. The van der Waals surface area contributed by atoms with Gasteiger partial charge in [0.05, 0.1) is 5.39 Å². The molecule has 1 heterocycles. The second-order valence-corrected chi connectivity index (χ2v) is 12.6. The molecule has 2 aromatic carbocycles. The van der Waals surface area contributed by atoms with Gasteiger partial charge in [0.25, 0.3) is 0 Å². The molecule has 0 saturated heterocycles. The van der Waals surface area contributed by atoms with E-state index < -0.39 is 0 Å². The lowest BCUT2D eigenvalue weighted by Crippen LogP contribution is -2.48.